The lowest BCUT2D eigenvalue weighted by Crippen LogP contribution is -2.21. The topological polar surface area (TPSA) is 83.8 Å². The van der Waals surface area contributed by atoms with Gasteiger partial charge in [0, 0.05) is 6.42 Å². The molecule has 2 N–H and O–H groups in total. The molecule has 0 aromatic carbocycles. The van der Waals surface area contributed by atoms with Gasteiger partial charge in [-0.3, -0.25) is 4.79 Å². The van der Waals surface area contributed by atoms with Gasteiger partial charge >= 0.3 is 0 Å². The molecule has 2 heterocycles. The number of aromatic nitrogens is 4. The molecule has 0 bridgehead atoms. The number of fused-ring (bicyclic) bond motifs is 1. The van der Waals surface area contributed by atoms with E-state index in [1.807, 2.05) is 0 Å². The molecule has 0 aliphatic heterocycles. The molecule has 0 saturated heterocycles. The summed E-state index contributed by atoms with van der Waals surface area (Å²) in [5, 5.41) is 14.9. The first-order valence-corrected chi connectivity index (χ1v) is 8.28. The van der Waals surface area contributed by atoms with Gasteiger partial charge in [0.1, 0.15) is 11.2 Å². The average Bonchev–Trinajstić information content (AvgIpc) is 3.10. The number of aliphatic hydroxyl groups is 1. The highest BCUT2D eigenvalue weighted by Crippen LogP contribution is 2.31. The summed E-state index contributed by atoms with van der Waals surface area (Å²) >= 11 is 0. The Morgan fingerprint density at radius 2 is 2.18 bits per heavy atom. The van der Waals surface area contributed by atoms with E-state index in [-0.39, 0.29) is 11.6 Å². The van der Waals surface area contributed by atoms with Crippen LogP contribution in [0.5, 0.6) is 0 Å². The number of aromatic amines is 1. The smallest absolute Gasteiger partial charge is 0.262 e. The van der Waals surface area contributed by atoms with E-state index in [0.717, 1.165) is 44.3 Å². The van der Waals surface area contributed by atoms with Crippen molar-refractivity contribution in [1.29, 1.82) is 0 Å². The van der Waals surface area contributed by atoms with Crippen LogP contribution < -0.4 is 5.56 Å². The highest BCUT2D eigenvalue weighted by Gasteiger charge is 2.29. The van der Waals surface area contributed by atoms with Crippen LogP contribution in [0, 0.1) is 5.92 Å². The van der Waals surface area contributed by atoms with Gasteiger partial charge in [0.2, 0.25) is 0 Å². The maximum Gasteiger partial charge on any atom is 0.262 e. The number of hydrogen-bond donors (Lipinski definition) is 2. The molecule has 1 aliphatic rings. The van der Waals surface area contributed by atoms with Gasteiger partial charge in [0.15, 0.2) is 5.65 Å². The molecule has 2 aromatic heterocycles. The molecular formula is C16H24N4O2. The Balaban J connectivity index is 2.01. The Labute approximate surface area is 129 Å². The van der Waals surface area contributed by atoms with Crippen LogP contribution in [0.15, 0.2) is 11.0 Å². The standard InChI is InChI=1S/C16H24N4O2/c1-3-10(4-2)8-14-18-15-11(16(22)19-14)9-17-20(15)12-6-5-7-13(12)21/h9-10,12-13,21H,3-8H2,1-2H3,(H,18,19,22). The molecule has 1 fully saturated rings. The second kappa shape index (κ2) is 6.20. The van der Waals surface area contributed by atoms with Gasteiger partial charge < -0.3 is 10.1 Å². The molecular weight excluding hydrogens is 280 g/mol. The van der Waals surface area contributed by atoms with Crippen LogP contribution in [0.1, 0.15) is 57.8 Å². The highest BCUT2D eigenvalue weighted by atomic mass is 16.3. The van der Waals surface area contributed by atoms with Crippen LogP contribution in [-0.4, -0.2) is 31.0 Å². The Kier molecular flexibility index (Phi) is 4.29. The molecule has 0 amide bonds. The summed E-state index contributed by atoms with van der Waals surface area (Å²) in [5.41, 5.74) is 0.473. The molecule has 22 heavy (non-hydrogen) atoms. The zero-order valence-electron chi connectivity index (χ0n) is 13.2. The lowest BCUT2D eigenvalue weighted by molar-refractivity contribution is 0.132. The van der Waals surface area contributed by atoms with Gasteiger partial charge in [0.05, 0.1) is 18.3 Å². The highest BCUT2D eigenvalue weighted by molar-refractivity contribution is 5.73. The number of rotatable bonds is 5. The van der Waals surface area contributed by atoms with E-state index in [4.69, 9.17) is 0 Å². The summed E-state index contributed by atoms with van der Waals surface area (Å²) in [6.07, 6.45) is 6.73. The maximum atomic E-state index is 12.3. The molecule has 3 rings (SSSR count). The fourth-order valence-electron chi connectivity index (χ4n) is 3.38. The van der Waals surface area contributed by atoms with Crippen LogP contribution in [0.3, 0.4) is 0 Å². The second-order valence-corrected chi connectivity index (χ2v) is 6.29. The molecule has 6 nitrogen and oxygen atoms in total. The van der Waals surface area contributed by atoms with Crippen molar-refractivity contribution in [2.45, 2.75) is 64.5 Å². The predicted octanol–water partition coefficient (Wildman–Crippen LogP) is 2.18. The Hall–Kier alpha value is -1.69. The first-order valence-electron chi connectivity index (χ1n) is 8.28. The monoisotopic (exact) mass is 304 g/mol. The summed E-state index contributed by atoms with van der Waals surface area (Å²) in [5.74, 6) is 1.24. The molecule has 2 aromatic rings. The Morgan fingerprint density at radius 3 is 2.82 bits per heavy atom. The number of H-pyrrole nitrogens is 1. The van der Waals surface area contributed by atoms with Crippen LogP contribution in [0.4, 0.5) is 0 Å². The van der Waals surface area contributed by atoms with Gasteiger partial charge in [-0.25, -0.2) is 9.67 Å². The summed E-state index contributed by atoms with van der Waals surface area (Å²) in [7, 11) is 0. The van der Waals surface area contributed by atoms with Crippen molar-refractivity contribution < 1.29 is 5.11 Å². The van der Waals surface area contributed by atoms with Crippen molar-refractivity contribution in [3.63, 3.8) is 0 Å². The first-order chi connectivity index (χ1) is 10.6. The Morgan fingerprint density at radius 1 is 1.41 bits per heavy atom. The normalized spacial score (nSPS) is 22.0. The van der Waals surface area contributed by atoms with E-state index in [0.29, 0.717) is 17.0 Å². The van der Waals surface area contributed by atoms with E-state index in [2.05, 4.69) is 28.9 Å². The summed E-state index contributed by atoms with van der Waals surface area (Å²) < 4.78 is 1.75. The van der Waals surface area contributed by atoms with Crippen molar-refractivity contribution in [1.82, 2.24) is 19.7 Å². The summed E-state index contributed by atoms with van der Waals surface area (Å²) in [4.78, 5) is 19.8. The predicted molar refractivity (Wildman–Crippen MR) is 84.8 cm³/mol. The number of hydrogen-bond acceptors (Lipinski definition) is 4. The Bertz CT molecular complexity index is 702. The lowest BCUT2D eigenvalue weighted by Gasteiger charge is -2.16. The van der Waals surface area contributed by atoms with Crippen molar-refractivity contribution in [3.8, 4) is 0 Å². The lowest BCUT2D eigenvalue weighted by atomic mass is 9.99. The number of aliphatic hydroxyl groups excluding tert-OH is 1. The zero-order chi connectivity index (χ0) is 15.7. The minimum atomic E-state index is -0.397. The number of nitrogens with zero attached hydrogens (tertiary/aromatic N) is 3. The zero-order valence-corrected chi connectivity index (χ0v) is 13.2. The third-order valence-electron chi connectivity index (χ3n) is 4.91. The third kappa shape index (κ3) is 2.67. The minimum Gasteiger partial charge on any atom is -0.391 e. The molecule has 2 atom stereocenters. The van der Waals surface area contributed by atoms with Gasteiger partial charge in [-0.2, -0.15) is 5.10 Å². The van der Waals surface area contributed by atoms with Gasteiger partial charge in [0.25, 0.3) is 5.56 Å². The SMILES string of the molecule is CCC(CC)Cc1nc2c(cnn2C2CCCC2O)c(=O)[nH]1. The van der Waals surface area contributed by atoms with Gasteiger partial charge in [-0.1, -0.05) is 26.7 Å². The second-order valence-electron chi connectivity index (χ2n) is 6.29. The van der Waals surface area contributed by atoms with Crippen molar-refractivity contribution >= 4 is 11.0 Å². The largest absolute Gasteiger partial charge is 0.391 e. The van der Waals surface area contributed by atoms with Crippen LogP contribution in [-0.2, 0) is 6.42 Å². The van der Waals surface area contributed by atoms with Crippen molar-refractivity contribution in [2.75, 3.05) is 0 Å². The fourth-order valence-corrected chi connectivity index (χ4v) is 3.38. The maximum absolute atomic E-state index is 12.3. The molecule has 6 heteroatoms. The fraction of sp³-hybridized carbons (Fsp3) is 0.688. The van der Waals surface area contributed by atoms with E-state index >= 15 is 0 Å². The van der Waals surface area contributed by atoms with Crippen molar-refractivity contribution in [2.24, 2.45) is 5.92 Å². The summed E-state index contributed by atoms with van der Waals surface area (Å²) in [6.45, 7) is 4.31. The molecule has 0 spiro atoms. The summed E-state index contributed by atoms with van der Waals surface area (Å²) in [6, 6.07) is -0.0622. The van der Waals surface area contributed by atoms with E-state index in [9.17, 15) is 9.90 Å². The van der Waals surface area contributed by atoms with Crippen LogP contribution in [0.25, 0.3) is 11.0 Å². The molecule has 1 aliphatic carbocycles. The van der Waals surface area contributed by atoms with Crippen LogP contribution >= 0.6 is 0 Å². The van der Waals surface area contributed by atoms with Crippen LogP contribution in [0.2, 0.25) is 0 Å². The van der Waals surface area contributed by atoms with E-state index in [1.165, 1.54) is 0 Å². The third-order valence-corrected chi connectivity index (χ3v) is 4.91. The molecule has 2 unspecified atom stereocenters. The van der Waals surface area contributed by atoms with Gasteiger partial charge in [-0.05, 0) is 25.2 Å². The van der Waals surface area contributed by atoms with E-state index in [1.54, 1.807) is 10.9 Å². The average molecular weight is 304 g/mol. The van der Waals surface area contributed by atoms with Crippen molar-refractivity contribution in [3.05, 3.63) is 22.4 Å². The van der Waals surface area contributed by atoms with Gasteiger partial charge in [-0.15, -0.1) is 0 Å². The number of nitrogens with one attached hydrogen (secondary N) is 1. The molecule has 1 saturated carbocycles. The molecule has 120 valence electrons. The minimum absolute atomic E-state index is 0.0622. The molecule has 0 radical (unpaired) electrons. The first kappa shape index (κ1) is 15.2. The quantitative estimate of drug-likeness (QED) is 0.887. The van der Waals surface area contributed by atoms with E-state index < -0.39 is 6.10 Å².